The van der Waals surface area contributed by atoms with Crippen molar-refractivity contribution in [1.29, 1.82) is 0 Å². The molecule has 0 spiro atoms. The summed E-state index contributed by atoms with van der Waals surface area (Å²) in [5, 5.41) is 21.0. The van der Waals surface area contributed by atoms with E-state index in [1.807, 2.05) is 0 Å². The lowest BCUT2D eigenvalue weighted by Gasteiger charge is -2.15. The third kappa shape index (κ3) is 14.1. The molecule has 0 aromatic carbocycles. The van der Waals surface area contributed by atoms with E-state index in [2.05, 4.69) is 12.2 Å². The van der Waals surface area contributed by atoms with Crippen molar-refractivity contribution < 1.29 is 10.2 Å². The molecule has 0 radical (unpaired) electrons. The van der Waals surface area contributed by atoms with Crippen LogP contribution in [0.25, 0.3) is 0 Å². The fourth-order valence-corrected chi connectivity index (χ4v) is 2.40. The molecule has 0 heterocycles. The summed E-state index contributed by atoms with van der Waals surface area (Å²) in [5.74, 6) is 0. The minimum atomic E-state index is 0.147. The highest BCUT2D eigenvalue weighted by Gasteiger charge is 2.05. The van der Waals surface area contributed by atoms with Crippen molar-refractivity contribution in [3.8, 4) is 0 Å². The minimum absolute atomic E-state index is 0.147. The molecule has 0 aliphatic carbocycles. The van der Waals surface area contributed by atoms with Crippen molar-refractivity contribution in [1.82, 2.24) is 5.32 Å². The molecular weight excluding hydrogens is 238 g/mol. The van der Waals surface area contributed by atoms with Crippen LogP contribution in [-0.2, 0) is 0 Å². The largest absolute Gasteiger partial charge is 0.395 e. The first-order valence-corrected chi connectivity index (χ1v) is 8.30. The summed E-state index contributed by atoms with van der Waals surface area (Å²) in [6, 6.07) is 0.168. The third-order valence-corrected chi connectivity index (χ3v) is 3.67. The molecule has 0 aliphatic heterocycles. The molecule has 1 atom stereocenters. The molecule has 0 amide bonds. The summed E-state index contributed by atoms with van der Waals surface area (Å²) in [5.41, 5.74) is 0. The van der Waals surface area contributed by atoms with Gasteiger partial charge in [-0.3, -0.25) is 0 Å². The van der Waals surface area contributed by atoms with Gasteiger partial charge in [-0.15, -0.1) is 0 Å². The van der Waals surface area contributed by atoms with Crippen LogP contribution in [0.3, 0.4) is 0 Å². The molecule has 0 bridgehead atoms. The lowest BCUT2D eigenvalue weighted by molar-refractivity contribution is 0.217. The van der Waals surface area contributed by atoms with E-state index in [0.29, 0.717) is 6.54 Å². The Hall–Kier alpha value is -0.120. The number of aliphatic hydroxyl groups is 2. The van der Waals surface area contributed by atoms with Crippen molar-refractivity contribution in [3.63, 3.8) is 0 Å². The number of hydrogen-bond acceptors (Lipinski definition) is 3. The van der Waals surface area contributed by atoms with Gasteiger partial charge >= 0.3 is 0 Å². The van der Waals surface area contributed by atoms with E-state index in [4.69, 9.17) is 10.2 Å². The molecule has 0 fully saturated rings. The molecule has 19 heavy (non-hydrogen) atoms. The lowest BCUT2D eigenvalue weighted by atomic mass is 10.0. The van der Waals surface area contributed by atoms with E-state index >= 15 is 0 Å². The monoisotopic (exact) mass is 273 g/mol. The maximum absolute atomic E-state index is 9.15. The van der Waals surface area contributed by atoms with Gasteiger partial charge in [-0.1, -0.05) is 71.1 Å². The number of nitrogens with one attached hydrogen (secondary N) is 1. The first kappa shape index (κ1) is 18.9. The lowest BCUT2D eigenvalue weighted by Crippen LogP contribution is -2.34. The Balaban J connectivity index is 3.16. The number of unbranched alkanes of at least 4 members (excludes halogenated alkanes) is 9. The SMILES string of the molecule is CCCCCCCCCCCCC(CO)NCCO. The van der Waals surface area contributed by atoms with Crippen molar-refractivity contribution in [2.24, 2.45) is 0 Å². The Kier molecular flexibility index (Phi) is 15.8. The zero-order valence-corrected chi connectivity index (χ0v) is 12.9. The Bertz CT molecular complexity index is 165. The quantitative estimate of drug-likeness (QED) is 0.401. The normalized spacial score (nSPS) is 12.8. The molecule has 0 saturated heterocycles. The Morgan fingerprint density at radius 1 is 0.789 bits per heavy atom. The second-order valence-corrected chi connectivity index (χ2v) is 5.53. The van der Waals surface area contributed by atoms with Crippen LogP contribution in [0.2, 0.25) is 0 Å². The van der Waals surface area contributed by atoms with Crippen LogP contribution in [0.5, 0.6) is 0 Å². The predicted octanol–water partition coefficient (Wildman–Crippen LogP) is 3.24. The molecule has 116 valence electrons. The van der Waals surface area contributed by atoms with Crippen molar-refractivity contribution in [3.05, 3.63) is 0 Å². The molecular formula is C16H35NO2. The topological polar surface area (TPSA) is 52.5 Å². The van der Waals surface area contributed by atoms with Crippen molar-refractivity contribution >= 4 is 0 Å². The van der Waals surface area contributed by atoms with E-state index in [0.717, 1.165) is 6.42 Å². The highest BCUT2D eigenvalue weighted by atomic mass is 16.3. The van der Waals surface area contributed by atoms with Crippen LogP contribution in [0.4, 0.5) is 0 Å². The molecule has 0 aliphatic rings. The van der Waals surface area contributed by atoms with Gasteiger partial charge in [-0.05, 0) is 6.42 Å². The van der Waals surface area contributed by atoms with E-state index in [-0.39, 0.29) is 19.3 Å². The number of rotatable bonds is 15. The third-order valence-electron chi connectivity index (χ3n) is 3.67. The predicted molar refractivity (Wildman–Crippen MR) is 82.4 cm³/mol. The van der Waals surface area contributed by atoms with Crippen LogP contribution in [0, 0.1) is 0 Å². The summed E-state index contributed by atoms with van der Waals surface area (Å²) in [7, 11) is 0. The molecule has 3 nitrogen and oxygen atoms in total. The molecule has 3 N–H and O–H groups in total. The van der Waals surface area contributed by atoms with Gasteiger partial charge in [-0.2, -0.15) is 0 Å². The van der Waals surface area contributed by atoms with Gasteiger partial charge in [0.2, 0.25) is 0 Å². The summed E-state index contributed by atoms with van der Waals surface area (Å²) < 4.78 is 0. The van der Waals surface area contributed by atoms with Gasteiger partial charge in [0.1, 0.15) is 0 Å². The average Bonchev–Trinajstić information content (AvgIpc) is 2.44. The summed E-state index contributed by atoms with van der Waals surface area (Å²) in [6.07, 6.45) is 14.5. The number of aliphatic hydroxyl groups excluding tert-OH is 2. The van der Waals surface area contributed by atoms with Crippen LogP contribution in [0.15, 0.2) is 0 Å². The second-order valence-electron chi connectivity index (χ2n) is 5.53. The van der Waals surface area contributed by atoms with Gasteiger partial charge < -0.3 is 15.5 Å². The fourth-order valence-electron chi connectivity index (χ4n) is 2.40. The average molecular weight is 273 g/mol. The van der Waals surface area contributed by atoms with Gasteiger partial charge in [0, 0.05) is 12.6 Å². The molecule has 1 unspecified atom stereocenters. The van der Waals surface area contributed by atoms with Gasteiger partial charge in [0.25, 0.3) is 0 Å². The van der Waals surface area contributed by atoms with Crippen molar-refractivity contribution in [2.45, 2.75) is 83.6 Å². The molecule has 0 aromatic rings. The first-order chi connectivity index (χ1) is 9.35. The Labute approximate surface area is 119 Å². The molecule has 0 saturated carbocycles. The molecule has 0 rings (SSSR count). The summed E-state index contributed by atoms with van der Waals surface area (Å²) >= 11 is 0. The van der Waals surface area contributed by atoms with Crippen LogP contribution >= 0.6 is 0 Å². The fraction of sp³-hybridized carbons (Fsp3) is 1.00. The maximum atomic E-state index is 9.15. The minimum Gasteiger partial charge on any atom is -0.395 e. The smallest absolute Gasteiger partial charge is 0.0584 e. The zero-order chi connectivity index (χ0) is 14.2. The second kappa shape index (κ2) is 15.9. The Morgan fingerprint density at radius 2 is 1.32 bits per heavy atom. The maximum Gasteiger partial charge on any atom is 0.0584 e. The molecule has 0 aromatic heterocycles. The van der Waals surface area contributed by atoms with E-state index in [1.165, 1.54) is 64.2 Å². The molecule has 3 heteroatoms. The van der Waals surface area contributed by atoms with E-state index in [1.54, 1.807) is 0 Å². The Morgan fingerprint density at radius 3 is 1.79 bits per heavy atom. The van der Waals surface area contributed by atoms with Crippen LogP contribution in [-0.4, -0.2) is 36.0 Å². The summed E-state index contributed by atoms with van der Waals surface area (Å²) in [6.45, 7) is 3.17. The summed E-state index contributed by atoms with van der Waals surface area (Å²) in [4.78, 5) is 0. The van der Waals surface area contributed by atoms with Gasteiger partial charge in [-0.25, -0.2) is 0 Å². The van der Waals surface area contributed by atoms with E-state index < -0.39 is 0 Å². The van der Waals surface area contributed by atoms with E-state index in [9.17, 15) is 0 Å². The number of hydrogen-bond donors (Lipinski definition) is 3. The highest BCUT2D eigenvalue weighted by Crippen LogP contribution is 2.11. The zero-order valence-electron chi connectivity index (χ0n) is 12.9. The van der Waals surface area contributed by atoms with Gasteiger partial charge in [0.05, 0.1) is 13.2 Å². The van der Waals surface area contributed by atoms with Crippen LogP contribution < -0.4 is 5.32 Å². The first-order valence-electron chi connectivity index (χ1n) is 8.30. The highest BCUT2D eigenvalue weighted by molar-refractivity contribution is 4.64. The standard InChI is InChI=1S/C16H35NO2/c1-2-3-4-5-6-7-8-9-10-11-12-16(15-19)17-13-14-18/h16-19H,2-15H2,1H3. The van der Waals surface area contributed by atoms with Crippen LogP contribution in [0.1, 0.15) is 77.6 Å². The van der Waals surface area contributed by atoms with Crippen molar-refractivity contribution in [2.75, 3.05) is 19.8 Å². The van der Waals surface area contributed by atoms with Gasteiger partial charge in [0.15, 0.2) is 0 Å².